The van der Waals surface area contributed by atoms with Gasteiger partial charge in [-0.1, -0.05) is 22.0 Å². The van der Waals surface area contributed by atoms with Gasteiger partial charge in [-0.25, -0.2) is 9.37 Å². The third-order valence-electron chi connectivity index (χ3n) is 6.33. The zero-order valence-electron chi connectivity index (χ0n) is 22.0. The highest BCUT2D eigenvalue weighted by molar-refractivity contribution is 9.10. The van der Waals surface area contributed by atoms with Crippen LogP contribution in [0.3, 0.4) is 0 Å². The van der Waals surface area contributed by atoms with Gasteiger partial charge in [0.15, 0.2) is 6.61 Å². The third-order valence-corrected chi connectivity index (χ3v) is 6.82. The highest BCUT2D eigenvalue weighted by Crippen LogP contribution is 2.23. The topological polar surface area (TPSA) is 90.5 Å². The van der Waals surface area contributed by atoms with Crippen LogP contribution in [0.25, 0.3) is 16.6 Å². The van der Waals surface area contributed by atoms with E-state index in [2.05, 4.69) is 35.9 Å². The van der Waals surface area contributed by atoms with Gasteiger partial charge in [-0.3, -0.25) is 9.59 Å². The van der Waals surface area contributed by atoms with Gasteiger partial charge >= 0.3 is 0 Å². The minimum atomic E-state index is -0.428. The molecule has 2 aromatic heterocycles. The van der Waals surface area contributed by atoms with Gasteiger partial charge in [-0.05, 0) is 87.5 Å². The van der Waals surface area contributed by atoms with E-state index < -0.39 is 5.82 Å². The molecule has 0 aliphatic carbocycles. The molecule has 0 radical (unpaired) electrons. The van der Waals surface area contributed by atoms with Crippen LogP contribution in [-0.2, 0) is 4.79 Å². The summed E-state index contributed by atoms with van der Waals surface area (Å²) in [5.41, 5.74) is 4.42. The maximum absolute atomic E-state index is 13.3. The molecule has 0 aliphatic rings. The molecule has 0 fully saturated rings. The molecular formula is C30H25BrFN5O3. The van der Waals surface area contributed by atoms with E-state index in [4.69, 9.17) is 4.74 Å². The smallest absolute Gasteiger partial charge is 0.282 e. The Morgan fingerprint density at radius 3 is 2.60 bits per heavy atom. The summed E-state index contributed by atoms with van der Waals surface area (Å²) in [6.45, 7) is 5.49. The van der Waals surface area contributed by atoms with Crippen LogP contribution in [0.5, 0.6) is 5.75 Å². The number of rotatable bonds is 7. The Labute approximate surface area is 237 Å². The Bertz CT molecular complexity index is 1830. The highest BCUT2D eigenvalue weighted by atomic mass is 79.9. The number of fused-ring (bicyclic) bond motifs is 1. The second-order valence-corrected chi connectivity index (χ2v) is 10.1. The number of carbonyl (C=O) groups excluding carboxylic acids is 1. The van der Waals surface area contributed by atoms with E-state index in [9.17, 15) is 14.0 Å². The molecule has 1 amide bonds. The minimum absolute atomic E-state index is 0.211. The van der Waals surface area contributed by atoms with Crippen LogP contribution in [0.1, 0.15) is 22.8 Å². The largest absolute Gasteiger partial charge is 0.484 e. The number of aryl methyl sites for hydroxylation is 2. The maximum atomic E-state index is 13.3. The monoisotopic (exact) mass is 601 g/mol. The fourth-order valence-electron chi connectivity index (χ4n) is 4.43. The van der Waals surface area contributed by atoms with Gasteiger partial charge in [0, 0.05) is 32.8 Å². The molecule has 5 aromatic rings. The summed E-state index contributed by atoms with van der Waals surface area (Å²) in [6.07, 6.45) is 1.66. The van der Waals surface area contributed by atoms with Crippen LogP contribution >= 0.6 is 15.9 Å². The molecule has 0 saturated heterocycles. The number of halogens is 2. The van der Waals surface area contributed by atoms with Crippen LogP contribution in [0.15, 0.2) is 87.2 Å². The average molecular weight is 602 g/mol. The summed E-state index contributed by atoms with van der Waals surface area (Å²) >= 11 is 3.41. The zero-order chi connectivity index (χ0) is 28.4. The van der Waals surface area contributed by atoms with Crippen molar-refractivity contribution in [2.45, 2.75) is 20.8 Å². The molecule has 8 nitrogen and oxygen atoms in total. The maximum Gasteiger partial charge on any atom is 0.282 e. The van der Waals surface area contributed by atoms with Crippen molar-refractivity contribution < 1.29 is 13.9 Å². The first-order valence-electron chi connectivity index (χ1n) is 12.4. The number of hydrogen-bond donors (Lipinski definition) is 1. The molecule has 40 heavy (non-hydrogen) atoms. The number of benzene rings is 3. The van der Waals surface area contributed by atoms with Gasteiger partial charge in [0.25, 0.3) is 11.5 Å². The Balaban J connectivity index is 1.31. The van der Waals surface area contributed by atoms with Gasteiger partial charge in [0.05, 0.1) is 17.1 Å². The predicted molar refractivity (Wildman–Crippen MR) is 157 cm³/mol. The number of nitrogens with zero attached hydrogens (tertiary/aromatic N) is 4. The van der Waals surface area contributed by atoms with Crippen LogP contribution in [0, 0.1) is 26.6 Å². The standard InChI is InChI=1S/C30H25BrFN5O3/c1-18-13-21(16-33-37-20(3)34-28-12-7-22(31)14-27(28)30(37)39)19(2)36(18)25-8-10-26(11-9-25)40-17-29(38)35-24-6-4-5-23(32)15-24/h4-16H,17H2,1-3H3,(H,35,38). The lowest BCUT2D eigenvalue weighted by Gasteiger charge is -2.12. The fourth-order valence-corrected chi connectivity index (χ4v) is 4.80. The summed E-state index contributed by atoms with van der Waals surface area (Å²) in [5.74, 6) is 0.194. The van der Waals surface area contributed by atoms with Crippen molar-refractivity contribution in [3.05, 3.63) is 116 Å². The van der Waals surface area contributed by atoms with E-state index in [1.807, 2.05) is 38.1 Å². The second-order valence-electron chi connectivity index (χ2n) is 9.18. The third kappa shape index (κ3) is 5.72. The van der Waals surface area contributed by atoms with Crippen molar-refractivity contribution in [3.8, 4) is 11.4 Å². The average Bonchev–Trinajstić information content (AvgIpc) is 3.20. The van der Waals surface area contributed by atoms with E-state index in [0.717, 1.165) is 27.1 Å². The van der Waals surface area contributed by atoms with E-state index in [-0.39, 0.29) is 18.1 Å². The molecule has 2 heterocycles. The Morgan fingerprint density at radius 2 is 1.85 bits per heavy atom. The SMILES string of the molecule is Cc1cc(C=Nn2c(C)nc3ccc(Br)cc3c2=O)c(C)n1-c1ccc(OCC(=O)Nc2cccc(F)c2)cc1. The molecule has 0 unspecified atom stereocenters. The number of amides is 1. The molecule has 0 aliphatic heterocycles. The molecule has 0 saturated carbocycles. The van der Waals surface area contributed by atoms with E-state index in [1.165, 1.54) is 22.9 Å². The summed E-state index contributed by atoms with van der Waals surface area (Å²) in [7, 11) is 0. The second kappa shape index (κ2) is 11.3. The Kier molecular flexibility index (Phi) is 7.61. The van der Waals surface area contributed by atoms with Gasteiger partial charge in [0.1, 0.15) is 17.4 Å². The Hall–Kier alpha value is -4.57. The van der Waals surface area contributed by atoms with Crippen LogP contribution < -0.4 is 15.6 Å². The molecule has 3 aromatic carbocycles. The van der Waals surface area contributed by atoms with E-state index in [1.54, 1.807) is 43.5 Å². The number of ether oxygens (including phenoxy) is 1. The number of carbonyl (C=O) groups is 1. The first-order valence-corrected chi connectivity index (χ1v) is 13.2. The van der Waals surface area contributed by atoms with Gasteiger partial charge in [0.2, 0.25) is 0 Å². The van der Waals surface area contributed by atoms with E-state index in [0.29, 0.717) is 28.2 Å². The van der Waals surface area contributed by atoms with Crippen molar-refractivity contribution in [2.24, 2.45) is 5.10 Å². The zero-order valence-corrected chi connectivity index (χ0v) is 23.6. The summed E-state index contributed by atoms with van der Waals surface area (Å²) < 4.78 is 23.1. The van der Waals surface area contributed by atoms with Gasteiger partial charge in [-0.15, -0.1) is 0 Å². The number of aromatic nitrogens is 3. The lowest BCUT2D eigenvalue weighted by atomic mass is 10.2. The van der Waals surface area contributed by atoms with Gasteiger partial charge < -0.3 is 14.6 Å². The lowest BCUT2D eigenvalue weighted by Crippen LogP contribution is -2.20. The van der Waals surface area contributed by atoms with Crippen LogP contribution in [0.4, 0.5) is 10.1 Å². The summed E-state index contributed by atoms with van der Waals surface area (Å²) in [6, 6.07) is 20.4. The van der Waals surface area contributed by atoms with Gasteiger partial charge in [-0.2, -0.15) is 9.78 Å². The fraction of sp³-hybridized carbons (Fsp3) is 0.133. The predicted octanol–water partition coefficient (Wildman–Crippen LogP) is 5.91. The first kappa shape index (κ1) is 27.0. The van der Waals surface area contributed by atoms with Crippen LogP contribution in [0.2, 0.25) is 0 Å². The molecular weight excluding hydrogens is 577 g/mol. The molecule has 0 atom stereocenters. The molecule has 10 heteroatoms. The molecule has 5 rings (SSSR count). The first-order chi connectivity index (χ1) is 19.2. The molecule has 1 N–H and O–H groups in total. The van der Waals surface area contributed by atoms with Crippen molar-refractivity contribution in [2.75, 3.05) is 11.9 Å². The minimum Gasteiger partial charge on any atom is -0.484 e. The molecule has 202 valence electrons. The van der Waals surface area contributed by atoms with Crippen molar-refractivity contribution in [3.63, 3.8) is 0 Å². The molecule has 0 spiro atoms. The van der Waals surface area contributed by atoms with Crippen LogP contribution in [-0.4, -0.2) is 33.0 Å². The van der Waals surface area contributed by atoms with Crippen molar-refractivity contribution in [1.29, 1.82) is 0 Å². The number of anilines is 1. The van der Waals surface area contributed by atoms with Crippen molar-refractivity contribution in [1.82, 2.24) is 14.2 Å². The quantitative estimate of drug-likeness (QED) is 0.235. The lowest BCUT2D eigenvalue weighted by molar-refractivity contribution is -0.118. The summed E-state index contributed by atoms with van der Waals surface area (Å²) in [4.78, 5) is 29.7. The Morgan fingerprint density at radius 1 is 1.07 bits per heavy atom. The number of nitrogens with one attached hydrogen (secondary N) is 1. The van der Waals surface area contributed by atoms with Crippen molar-refractivity contribution >= 4 is 44.6 Å². The highest BCUT2D eigenvalue weighted by Gasteiger charge is 2.12. The number of hydrogen-bond acceptors (Lipinski definition) is 5. The van der Waals surface area contributed by atoms with E-state index >= 15 is 0 Å². The molecule has 0 bridgehead atoms. The normalized spacial score (nSPS) is 11.3. The summed E-state index contributed by atoms with van der Waals surface area (Å²) in [5, 5.41) is 7.55.